The fourth-order valence-corrected chi connectivity index (χ4v) is 2.05. The summed E-state index contributed by atoms with van der Waals surface area (Å²) in [7, 11) is 0. The van der Waals surface area contributed by atoms with Gasteiger partial charge in [-0.05, 0) is 17.9 Å². The molecule has 13 heavy (non-hydrogen) atoms. The molecule has 0 aromatic heterocycles. The minimum atomic E-state index is 0.0708. The highest BCUT2D eigenvalue weighted by Crippen LogP contribution is 2.53. The molecule has 1 saturated carbocycles. The summed E-state index contributed by atoms with van der Waals surface area (Å²) in [5.41, 5.74) is 7.74. The Labute approximate surface area is 80.0 Å². The molecule has 2 N–H and O–H groups in total. The fourth-order valence-electron chi connectivity index (χ4n) is 2.05. The van der Waals surface area contributed by atoms with Crippen LogP contribution in [0.25, 0.3) is 0 Å². The number of hydrogen-bond donors (Lipinski definition) is 1. The molecular weight excluding hydrogens is 158 g/mol. The molecule has 2 rings (SSSR count). The summed E-state index contributed by atoms with van der Waals surface area (Å²) < 4.78 is 0. The van der Waals surface area contributed by atoms with Crippen molar-refractivity contribution < 1.29 is 0 Å². The minimum Gasteiger partial charge on any atom is -0.324 e. The highest BCUT2D eigenvalue weighted by Gasteiger charge is 2.53. The van der Waals surface area contributed by atoms with E-state index in [0.29, 0.717) is 11.8 Å². The molecule has 0 amide bonds. The van der Waals surface area contributed by atoms with Crippen LogP contribution in [-0.4, -0.2) is 5.54 Å². The van der Waals surface area contributed by atoms with Crippen LogP contribution >= 0.6 is 0 Å². The average molecular weight is 175 g/mol. The Morgan fingerprint density at radius 2 is 1.92 bits per heavy atom. The smallest absolute Gasteiger partial charge is 0.0254 e. The van der Waals surface area contributed by atoms with E-state index in [1.165, 1.54) is 5.56 Å². The van der Waals surface area contributed by atoms with Crippen LogP contribution in [0.3, 0.4) is 0 Å². The maximum absolute atomic E-state index is 6.27. The number of rotatable bonds is 2. The Morgan fingerprint density at radius 3 is 2.38 bits per heavy atom. The molecule has 0 aliphatic heterocycles. The molecule has 0 bridgehead atoms. The summed E-state index contributed by atoms with van der Waals surface area (Å²) in [5.74, 6) is 1.17. The van der Waals surface area contributed by atoms with Gasteiger partial charge in [0.25, 0.3) is 0 Å². The maximum Gasteiger partial charge on any atom is 0.0254 e. The van der Waals surface area contributed by atoms with Gasteiger partial charge in [-0.1, -0.05) is 44.2 Å². The summed E-state index contributed by atoms with van der Waals surface area (Å²) in [6, 6.07) is 10.6. The van der Waals surface area contributed by atoms with Crippen molar-refractivity contribution >= 4 is 0 Å². The van der Waals surface area contributed by atoms with Gasteiger partial charge in [-0.2, -0.15) is 0 Å². The van der Waals surface area contributed by atoms with Crippen LogP contribution in [-0.2, 0) is 0 Å². The molecule has 1 nitrogen and oxygen atoms in total. The van der Waals surface area contributed by atoms with Gasteiger partial charge in [0.05, 0.1) is 0 Å². The largest absolute Gasteiger partial charge is 0.324 e. The van der Waals surface area contributed by atoms with Gasteiger partial charge in [0.2, 0.25) is 0 Å². The van der Waals surface area contributed by atoms with Crippen LogP contribution in [0.15, 0.2) is 30.3 Å². The summed E-state index contributed by atoms with van der Waals surface area (Å²) in [6.07, 6.45) is 1.15. The van der Waals surface area contributed by atoms with E-state index in [1.807, 2.05) is 0 Å². The van der Waals surface area contributed by atoms with E-state index in [9.17, 15) is 0 Å². The van der Waals surface area contributed by atoms with Crippen molar-refractivity contribution in [3.8, 4) is 0 Å². The van der Waals surface area contributed by atoms with E-state index in [2.05, 4.69) is 44.2 Å². The van der Waals surface area contributed by atoms with E-state index < -0.39 is 0 Å². The topological polar surface area (TPSA) is 26.0 Å². The Kier molecular flexibility index (Phi) is 1.92. The third-order valence-corrected chi connectivity index (χ3v) is 3.32. The number of hydrogen-bond acceptors (Lipinski definition) is 1. The zero-order chi connectivity index (χ0) is 9.47. The molecule has 0 radical (unpaired) electrons. The van der Waals surface area contributed by atoms with Crippen LogP contribution in [0.1, 0.15) is 31.7 Å². The Balaban J connectivity index is 2.16. The number of benzene rings is 1. The van der Waals surface area contributed by atoms with Gasteiger partial charge in [0, 0.05) is 11.5 Å². The molecule has 0 spiro atoms. The van der Waals surface area contributed by atoms with Crippen LogP contribution in [0.5, 0.6) is 0 Å². The molecule has 70 valence electrons. The van der Waals surface area contributed by atoms with Gasteiger partial charge in [-0.3, -0.25) is 0 Å². The van der Waals surface area contributed by atoms with Crippen molar-refractivity contribution in [1.82, 2.24) is 0 Å². The molecule has 1 aliphatic carbocycles. The maximum atomic E-state index is 6.27. The van der Waals surface area contributed by atoms with Crippen molar-refractivity contribution in [2.24, 2.45) is 11.7 Å². The Hall–Kier alpha value is -0.820. The average Bonchev–Trinajstić information content (AvgIpc) is 2.81. The van der Waals surface area contributed by atoms with E-state index in [4.69, 9.17) is 5.73 Å². The normalized spacial score (nSPS) is 32.2. The van der Waals surface area contributed by atoms with E-state index in [-0.39, 0.29) is 5.54 Å². The first-order chi connectivity index (χ1) is 6.14. The standard InChI is InChI=1S/C12H17N/c1-9(2)12(13)8-11(12)10-6-4-3-5-7-10/h3-7,9,11H,8,13H2,1-2H3/t11-,12-/m0/s1. The van der Waals surface area contributed by atoms with Crippen LogP contribution in [0.2, 0.25) is 0 Å². The summed E-state index contributed by atoms with van der Waals surface area (Å²) in [6.45, 7) is 4.42. The predicted octanol–water partition coefficient (Wildman–Crippen LogP) is 2.53. The van der Waals surface area contributed by atoms with Gasteiger partial charge in [0.1, 0.15) is 0 Å². The van der Waals surface area contributed by atoms with E-state index in [1.54, 1.807) is 0 Å². The van der Waals surface area contributed by atoms with Crippen LogP contribution in [0, 0.1) is 5.92 Å². The van der Waals surface area contributed by atoms with E-state index in [0.717, 1.165) is 6.42 Å². The predicted molar refractivity (Wildman–Crippen MR) is 55.6 cm³/mol. The number of nitrogens with two attached hydrogens (primary N) is 1. The highest BCUT2D eigenvalue weighted by molar-refractivity contribution is 5.33. The van der Waals surface area contributed by atoms with Gasteiger partial charge >= 0.3 is 0 Å². The van der Waals surface area contributed by atoms with Crippen molar-refractivity contribution in [3.63, 3.8) is 0 Å². The lowest BCUT2D eigenvalue weighted by Gasteiger charge is -2.15. The van der Waals surface area contributed by atoms with Crippen LogP contribution < -0.4 is 5.73 Å². The van der Waals surface area contributed by atoms with Crippen molar-refractivity contribution in [3.05, 3.63) is 35.9 Å². The molecule has 2 atom stereocenters. The summed E-state index contributed by atoms with van der Waals surface area (Å²) in [4.78, 5) is 0. The second-order valence-electron chi connectivity index (χ2n) is 4.43. The Bertz CT molecular complexity index is 291. The molecule has 0 heterocycles. The second kappa shape index (κ2) is 2.85. The van der Waals surface area contributed by atoms with Gasteiger partial charge in [0.15, 0.2) is 0 Å². The first kappa shape index (κ1) is 8.76. The monoisotopic (exact) mass is 175 g/mol. The molecule has 1 aromatic rings. The summed E-state index contributed by atoms with van der Waals surface area (Å²) in [5, 5.41) is 0. The molecule has 1 heteroatoms. The van der Waals surface area contributed by atoms with Crippen molar-refractivity contribution in [1.29, 1.82) is 0 Å². The lowest BCUT2D eigenvalue weighted by molar-refractivity contribution is 0.464. The zero-order valence-corrected chi connectivity index (χ0v) is 8.33. The van der Waals surface area contributed by atoms with Gasteiger partial charge < -0.3 is 5.73 Å². The minimum absolute atomic E-state index is 0.0708. The Morgan fingerprint density at radius 1 is 1.31 bits per heavy atom. The zero-order valence-electron chi connectivity index (χ0n) is 8.33. The van der Waals surface area contributed by atoms with Gasteiger partial charge in [-0.15, -0.1) is 0 Å². The SMILES string of the molecule is CC(C)[C@@]1(N)C[C@H]1c1ccccc1. The lowest BCUT2D eigenvalue weighted by atomic mass is 9.97. The third kappa shape index (κ3) is 1.37. The van der Waals surface area contributed by atoms with Crippen LogP contribution in [0.4, 0.5) is 0 Å². The molecule has 1 aromatic carbocycles. The lowest BCUT2D eigenvalue weighted by Crippen LogP contribution is -2.30. The fraction of sp³-hybridized carbons (Fsp3) is 0.500. The molecular formula is C12H17N. The molecule has 0 saturated heterocycles. The molecule has 1 aliphatic rings. The second-order valence-corrected chi connectivity index (χ2v) is 4.43. The summed E-state index contributed by atoms with van der Waals surface area (Å²) >= 11 is 0. The van der Waals surface area contributed by atoms with Gasteiger partial charge in [-0.25, -0.2) is 0 Å². The van der Waals surface area contributed by atoms with Crippen molar-refractivity contribution in [2.45, 2.75) is 31.7 Å². The highest BCUT2D eigenvalue weighted by atomic mass is 14.9. The molecule has 1 fully saturated rings. The van der Waals surface area contributed by atoms with E-state index >= 15 is 0 Å². The third-order valence-electron chi connectivity index (χ3n) is 3.32. The van der Waals surface area contributed by atoms with Crippen molar-refractivity contribution in [2.75, 3.05) is 0 Å². The first-order valence-corrected chi connectivity index (χ1v) is 4.98. The first-order valence-electron chi connectivity index (χ1n) is 4.98. The quantitative estimate of drug-likeness (QED) is 0.734. The molecule has 0 unspecified atom stereocenters.